The summed E-state index contributed by atoms with van der Waals surface area (Å²) in [5.41, 5.74) is -0.786. The molecule has 2 bridgehead atoms. The molecule has 8 heteroatoms. The maximum absolute atomic E-state index is 12.8. The van der Waals surface area contributed by atoms with Crippen molar-refractivity contribution in [3.8, 4) is 0 Å². The average molecular weight is 413 g/mol. The van der Waals surface area contributed by atoms with Gasteiger partial charge in [0.1, 0.15) is 11.4 Å². The van der Waals surface area contributed by atoms with E-state index in [1.54, 1.807) is 25.7 Å². The Balaban J connectivity index is 1.64. The Morgan fingerprint density at radius 1 is 1.07 bits per heavy atom. The lowest BCUT2D eigenvalue weighted by molar-refractivity contribution is -0.137. The lowest BCUT2D eigenvalue weighted by atomic mass is 9.81. The molecule has 2 fully saturated rings. The van der Waals surface area contributed by atoms with E-state index in [0.29, 0.717) is 31.6 Å². The standard InChI is InChI=1S/C21H26F3NO4/c1-20(2,3)29-19(27)25-16-9-14(10-17(25)12-28-11-16)18(26)8-13-4-6-15(7-5-13)21(22,23)24/h4-7,14,16-17H,8-12H2,1-3H3. The highest BCUT2D eigenvalue weighted by atomic mass is 19.4. The Kier molecular flexibility index (Phi) is 5.94. The Hall–Kier alpha value is -2.09. The zero-order chi connectivity index (χ0) is 21.4. The van der Waals surface area contributed by atoms with Gasteiger partial charge >= 0.3 is 12.3 Å². The first-order valence-electron chi connectivity index (χ1n) is 9.72. The number of ketones is 1. The quantitative estimate of drug-likeness (QED) is 0.744. The minimum absolute atomic E-state index is 0.0227. The van der Waals surface area contributed by atoms with Gasteiger partial charge in [0.2, 0.25) is 0 Å². The molecule has 0 saturated carbocycles. The van der Waals surface area contributed by atoms with Crippen LogP contribution in [0.2, 0.25) is 0 Å². The first-order chi connectivity index (χ1) is 13.4. The van der Waals surface area contributed by atoms with E-state index < -0.39 is 23.4 Å². The SMILES string of the molecule is CC(C)(C)OC(=O)N1C2COCC1CC(C(=O)Cc1ccc(C(F)(F)F)cc1)C2. The molecule has 0 aromatic heterocycles. The smallest absolute Gasteiger partial charge is 0.416 e. The van der Waals surface area contributed by atoms with Crippen molar-refractivity contribution >= 4 is 11.9 Å². The van der Waals surface area contributed by atoms with Crippen LogP contribution in [0.25, 0.3) is 0 Å². The number of carbonyl (C=O) groups is 2. The average Bonchev–Trinajstić information content (AvgIpc) is 2.58. The van der Waals surface area contributed by atoms with Gasteiger partial charge in [-0.1, -0.05) is 12.1 Å². The lowest BCUT2D eigenvalue weighted by Gasteiger charge is -2.47. The van der Waals surface area contributed by atoms with Crippen LogP contribution in [0.4, 0.5) is 18.0 Å². The molecule has 2 aliphatic rings. The molecule has 0 aliphatic carbocycles. The number of nitrogens with zero attached hydrogens (tertiary/aromatic N) is 1. The second kappa shape index (κ2) is 7.97. The van der Waals surface area contributed by atoms with Crippen LogP contribution >= 0.6 is 0 Å². The molecule has 29 heavy (non-hydrogen) atoms. The third kappa shape index (κ3) is 5.29. The van der Waals surface area contributed by atoms with Crippen LogP contribution in [-0.2, 0) is 26.9 Å². The van der Waals surface area contributed by atoms with Crippen LogP contribution in [0.5, 0.6) is 0 Å². The normalized spacial score (nSPS) is 24.9. The van der Waals surface area contributed by atoms with E-state index in [1.807, 2.05) is 0 Å². The van der Waals surface area contributed by atoms with Gasteiger partial charge in [0, 0.05) is 12.3 Å². The summed E-state index contributed by atoms with van der Waals surface area (Å²) >= 11 is 0. The van der Waals surface area contributed by atoms with Crippen LogP contribution in [0.15, 0.2) is 24.3 Å². The number of carbonyl (C=O) groups excluding carboxylic acids is 2. The minimum atomic E-state index is -4.39. The third-order valence-corrected chi connectivity index (χ3v) is 5.24. The molecule has 160 valence electrons. The van der Waals surface area contributed by atoms with Crippen molar-refractivity contribution in [2.24, 2.45) is 5.92 Å². The molecule has 0 spiro atoms. The monoisotopic (exact) mass is 413 g/mol. The zero-order valence-electron chi connectivity index (χ0n) is 16.8. The topological polar surface area (TPSA) is 55.8 Å². The van der Waals surface area contributed by atoms with Gasteiger partial charge in [-0.3, -0.25) is 9.69 Å². The second-order valence-corrected chi connectivity index (χ2v) is 8.74. The van der Waals surface area contributed by atoms with Crippen LogP contribution in [0.1, 0.15) is 44.7 Å². The summed E-state index contributed by atoms with van der Waals surface area (Å²) in [5.74, 6) is -0.277. The molecular formula is C21H26F3NO4. The van der Waals surface area contributed by atoms with E-state index in [4.69, 9.17) is 9.47 Å². The van der Waals surface area contributed by atoms with E-state index in [2.05, 4.69) is 0 Å². The molecule has 1 aromatic rings. The predicted octanol–water partition coefficient (Wildman–Crippen LogP) is 4.23. The second-order valence-electron chi connectivity index (χ2n) is 8.74. The lowest BCUT2D eigenvalue weighted by Crippen LogP contribution is -2.60. The van der Waals surface area contributed by atoms with E-state index in [0.717, 1.165) is 12.1 Å². The number of hydrogen-bond acceptors (Lipinski definition) is 4. The fourth-order valence-electron chi connectivity index (χ4n) is 3.95. The van der Waals surface area contributed by atoms with Crippen molar-refractivity contribution < 1.29 is 32.2 Å². The summed E-state index contributed by atoms with van der Waals surface area (Å²) < 4.78 is 49.1. The van der Waals surface area contributed by atoms with Gasteiger partial charge in [-0.15, -0.1) is 0 Å². The summed E-state index contributed by atoms with van der Waals surface area (Å²) in [7, 11) is 0. The van der Waals surface area contributed by atoms with Gasteiger partial charge in [0.25, 0.3) is 0 Å². The Morgan fingerprint density at radius 3 is 2.10 bits per heavy atom. The van der Waals surface area contributed by atoms with Crippen LogP contribution in [-0.4, -0.2) is 47.7 Å². The Bertz CT molecular complexity index is 741. The van der Waals surface area contributed by atoms with Gasteiger partial charge in [0.05, 0.1) is 30.9 Å². The number of Topliss-reactive ketones (excluding diaryl/α,β-unsaturated/α-hetero) is 1. The van der Waals surface area contributed by atoms with Gasteiger partial charge < -0.3 is 9.47 Å². The van der Waals surface area contributed by atoms with Crippen molar-refractivity contribution in [3.05, 3.63) is 35.4 Å². The van der Waals surface area contributed by atoms with Crippen molar-refractivity contribution in [2.45, 2.75) is 63.9 Å². The van der Waals surface area contributed by atoms with Crippen molar-refractivity contribution in [2.75, 3.05) is 13.2 Å². The maximum atomic E-state index is 12.8. The van der Waals surface area contributed by atoms with Gasteiger partial charge in [-0.05, 0) is 51.3 Å². The van der Waals surface area contributed by atoms with Crippen molar-refractivity contribution in [1.29, 1.82) is 0 Å². The van der Waals surface area contributed by atoms with Crippen molar-refractivity contribution in [1.82, 2.24) is 4.90 Å². The first-order valence-corrected chi connectivity index (χ1v) is 9.72. The number of amides is 1. The summed E-state index contributed by atoms with van der Waals surface area (Å²) in [4.78, 5) is 27.1. The number of benzene rings is 1. The first kappa shape index (κ1) is 21.6. The number of alkyl halides is 3. The molecule has 5 nitrogen and oxygen atoms in total. The highest BCUT2D eigenvalue weighted by Crippen LogP contribution is 2.34. The molecular weight excluding hydrogens is 387 g/mol. The van der Waals surface area contributed by atoms with Gasteiger partial charge in [-0.25, -0.2) is 4.79 Å². The summed E-state index contributed by atoms with van der Waals surface area (Å²) in [6.07, 6.45) is -3.78. The molecule has 2 unspecified atom stereocenters. The molecule has 0 N–H and O–H groups in total. The number of fused-ring (bicyclic) bond motifs is 2. The van der Waals surface area contributed by atoms with E-state index in [9.17, 15) is 22.8 Å². The fraction of sp³-hybridized carbons (Fsp3) is 0.619. The van der Waals surface area contributed by atoms with E-state index >= 15 is 0 Å². The third-order valence-electron chi connectivity index (χ3n) is 5.24. The fourth-order valence-corrected chi connectivity index (χ4v) is 3.95. The molecule has 2 aliphatic heterocycles. The molecule has 0 radical (unpaired) electrons. The number of piperidine rings is 1. The molecule has 1 amide bonds. The van der Waals surface area contributed by atoms with Crippen LogP contribution < -0.4 is 0 Å². The molecule has 3 rings (SSSR count). The number of halogens is 3. The molecule has 1 aromatic carbocycles. The summed E-state index contributed by atoms with van der Waals surface area (Å²) in [6, 6.07) is 4.21. The van der Waals surface area contributed by atoms with Gasteiger partial charge in [-0.2, -0.15) is 13.2 Å². The summed E-state index contributed by atoms with van der Waals surface area (Å²) in [5, 5.41) is 0. The largest absolute Gasteiger partial charge is 0.444 e. The van der Waals surface area contributed by atoms with Gasteiger partial charge in [0.15, 0.2) is 0 Å². The number of rotatable bonds is 3. The highest BCUT2D eigenvalue weighted by molar-refractivity contribution is 5.84. The Morgan fingerprint density at radius 2 is 1.62 bits per heavy atom. The molecule has 2 saturated heterocycles. The van der Waals surface area contributed by atoms with E-state index in [-0.39, 0.29) is 30.2 Å². The maximum Gasteiger partial charge on any atom is 0.416 e. The minimum Gasteiger partial charge on any atom is -0.444 e. The van der Waals surface area contributed by atoms with Crippen LogP contribution in [0, 0.1) is 5.92 Å². The predicted molar refractivity (Wildman–Crippen MR) is 99.3 cm³/mol. The van der Waals surface area contributed by atoms with Crippen LogP contribution in [0.3, 0.4) is 0 Å². The zero-order valence-corrected chi connectivity index (χ0v) is 16.8. The summed E-state index contributed by atoms with van der Waals surface area (Å²) in [6.45, 7) is 6.10. The van der Waals surface area contributed by atoms with Crippen molar-refractivity contribution in [3.63, 3.8) is 0 Å². The number of morpholine rings is 1. The molecule has 2 atom stereocenters. The van der Waals surface area contributed by atoms with E-state index in [1.165, 1.54) is 12.1 Å². The Labute approximate surface area is 168 Å². The highest BCUT2D eigenvalue weighted by Gasteiger charge is 2.45. The molecule has 2 heterocycles. The number of ether oxygens (including phenoxy) is 2. The number of hydrogen-bond donors (Lipinski definition) is 0.